The third kappa shape index (κ3) is 3.21. The number of para-hydroxylation sites is 1. The lowest BCUT2D eigenvalue weighted by molar-refractivity contribution is 0.0992. The summed E-state index contributed by atoms with van der Waals surface area (Å²) in [6.45, 7) is 1.98. The molecule has 0 aliphatic carbocycles. The van der Waals surface area contributed by atoms with E-state index in [0.29, 0.717) is 23.7 Å². The minimum Gasteiger partial charge on any atom is -0.480 e. The summed E-state index contributed by atoms with van der Waals surface area (Å²) < 4.78 is 6.66. The molecule has 0 unspecified atom stereocenters. The molecular formula is C18H19N5O2. The number of hydrogen-bond donors (Lipinski definition) is 0. The molecule has 0 aliphatic rings. The number of hydrogen-bond acceptors (Lipinski definition) is 5. The van der Waals surface area contributed by atoms with Gasteiger partial charge < -0.3 is 9.64 Å². The first-order valence-corrected chi connectivity index (χ1v) is 7.93. The van der Waals surface area contributed by atoms with Crippen molar-refractivity contribution in [2.24, 2.45) is 0 Å². The van der Waals surface area contributed by atoms with Gasteiger partial charge in [-0.2, -0.15) is 5.10 Å². The minimum absolute atomic E-state index is 0.115. The van der Waals surface area contributed by atoms with E-state index in [1.807, 2.05) is 37.3 Å². The summed E-state index contributed by atoms with van der Waals surface area (Å²) in [5, 5.41) is 12.4. The summed E-state index contributed by atoms with van der Waals surface area (Å²) in [7, 11) is 3.28. The van der Waals surface area contributed by atoms with E-state index in [2.05, 4.69) is 15.3 Å². The van der Waals surface area contributed by atoms with Crippen molar-refractivity contribution in [3.8, 4) is 11.7 Å². The first kappa shape index (κ1) is 16.6. The maximum Gasteiger partial charge on any atom is 0.261 e. The summed E-state index contributed by atoms with van der Waals surface area (Å²) in [5.74, 6) is 0.851. The molecule has 2 heterocycles. The van der Waals surface area contributed by atoms with E-state index in [1.165, 1.54) is 7.11 Å². The molecule has 0 saturated carbocycles. The van der Waals surface area contributed by atoms with Gasteiger partial charge in [-0.3, -0.25) is 4.79 Å². The van der Waals surface area contributed by atoms with Crippen LogP contribution in [-0.4, -0.2) is 40.0 Å². The van der Waals surface area contributed by atoms with E-state index in [4.69, 9.17) is 4.74 Å². The second kappa shape index (κ2) is 7.12. The van der Waals surface area contributed by atoms with Gasteiger partial charge in [0, 0.05) is 18.8 Å². The van der Waals surface area contributed by atoms with Gasteiger partial charge in [0.1, 0.15) is 0 Å². The molecule has 0 fully saturated rings. The van der Waals surface area contributed by atoms with E-state index in [1.54, 1.807) is 35.0 Å². The van der Waals surface area contributed by atoms with Crippen LogP contribution in [0.2, 0.25) is 0 Å². The van der Waals surface area contributed by atoms with Crippen LogP contribution >= 0.6 is 0 Å². The maximum atomic E-state index is 12.9. The van der Waals surface area contributed by atoms with Crippen molar-refractivity contribution in [2.45, 2.75) is 13.3 Å². The molecule has 0 spiro atoms. The molecule has 1 amide bonds. The standard InChI is InChI=1S/C18H19N5O2/c1-4-15-14(18(24)22(2)13-8-6-5-7-9-13)12-19-23(15)16-10-11-17(25-3)21-20-16/h5-12H,4H2,1-3H3. The third-order valence-electron chi connectivity index (χ3n) is 3.93. The molecule has 2 aromatic heterocycles. The fourth-order valence-corrected chi connectivity index (χ4v) is 2.57. The highest BCUT2D eigenvalue weighted by molar-refractivity contribution is 6.06. The topological polar surface area (TPSA) is 73.1 Å². The van der Waals surface area contributed by atoms with Crippen molar-refractivity contribution < 1.29 is 9.53 Å². The zero-order valence-electron chi connectivity index (χ0n) is 14.4. The number of aromatic nitrogens is 4. The number of carbonyl (C=O) groups is 1. The number of carbonyl (C=O) groups excluding carboxylic acids is 1. The Hall–Kier alpha value is -3.22. The van der Waals surface area contributed by atoms with Crippen LogP contribution in [0.3, 0.4) is 0 Å². The van der Waals surface area contributed by atoms with Crippen molar-refractivity contribution in [3.63, 3.8) is 0 Å². The SMILES string of the molecule is CCc1c(C(=O)N(C)c2ccccc2)cnn1-c1ccc(OC)nn1. The van der Waals surface area contributed by atoms with E-state index in [0.717, 1.165) is 11.4 Å². The molecule has 3 aromatic rings. The summed E-state index contributed by atoms with van der Waals surface area (Å²) in [6, 6.07) is 13.0. The van der Waals surface area contributed by atoms with E-state index >= 15 is 0 Å². The average molecular weight is 337 g/mol. The van der Waals surface area contributed by atoms with Gasteiger partial charge in [0.15, 0.2) is 5.82 Å². The quantitative estimate of drug-likeness (QED) is 0.715. The van der Waals surface area contributed by atoms with Crippen LogP contribution in [0, 0.1) is 0 Å². The monoisotopic (exact) mass is 337 g/mol. The Morgan fingerprint density at radius 3 is 2.52 bits per heavy atom. The van der Waals surface area contributed by atoms with Crippen LogP contribution < -0.4 is 9.64 Å². The van der Waals surface area contributed by atoms with Crippen LogP contribution in [0.25, 0.3) is 5.82 Å². The fraction of sp³-hybridized carbons (Fsp3) is 0.222. The Morgan fingerprint density at radius 2 is 1.92 bits per heavy atom. The Balaban J connectivity index is 1.95. The summed E-state index contributed by atoms with van der Waals surface area (Å²) in [4.78, 5) is 14.5. The van der Waals surface area contributed by atoms with E-state index in [9.17, 15) is 4.79 Å². The lowest BCUT2D eigenvalue weighted by Gasteiger charge is -2.17. The van der Waals surface area contributed by atoms with E-state index in [-0.39, 0.29) is 5.91 Å². The lowest BCUT2D eigenvalue weighted by Crippen LogP contribution is -2.27. The molecule has 128 valence electrons. The highest BCUT2D eigenvalue weighted by atomic mass is 16.5. The molecule has 7 nitrogen and oxygen atoms in total. The Morgan fingerprint density at radius 1 is 1.16 bits per heavy atom. The number of rotatable bonds is 5. The third-order valence-corrected chi connectivity index (χ3v) is 3.93. The number of benzene rings is 1. The predicted molar refractivity (Wildman–Crippen MR) is 94.3 cm³/mol. The number of ether oxygens (including phenoxy) is 1. The molecule has 0 bridgehead atoms. The molecule has 25 heavy (non-hydrogen) atoms. The maximum absolute atomic E-state index is 12.9. The van der Waals surface area contributed by atoms with Crippen LogP contribution in [0.5, 0.6) is 5.88 Å². The summed E-state index contributed by atoms with van der Waals surface area (Å²) in [6.07, 6.45) is 2.21. The second-order valence-electron chi connectivity index (χ2n) is 5.40. The van der Waals surface area contributed by atoms with Crippen LogP contribution in [0.15, 0.2) is 48.7 Å². The molecular weight excluding hydrogens is 318 g/mol. The molecule has 7 heteroatoms. The number of anilines is 1. The van der Waals surface area contributed by atoms with Crippen molar-refractivity contribution in [1.82, 2.24) is 20.0 Å². The van der Waals surface area contributed by atoms with Crippen molar-refractivity contribution >= 4 is 11.6 Å². The first-order chi connectivity index (χ1) is 12.2. The molecule has 0 radical (unpaired) electrons. The highest BCUT2D eigenvalue weighted by Crippen LogP contribution is 2.20. The molecule has 3 rings (SSSR count). The van der Waals surface area contributed by atoms with Gasteiger partial charge in [-0.25, -0.2) is 4.68 Å². The lowest BCUT2D eigenvalue weighted by atomic mass is 10.1. The van der Waals surface area contributed by atoms with Gasteiger partial charge >= 0.3 is 0 Å². The highest BCUT2D eigenvalue weighted by Gasteiger charge is 2.21. The average Bonchev–Trinajstić information content (AvgIpc) is 3.11. The van der Waals surface area contributed by atoms with Crippen LogP contribution in [-0.2, 0) is 6.42 Å². The summed E-state index contributed by atoms with van der Waals surface area (Å²) >= 11 is 0. The fourth-order valence-electron chi connectivity index (χ4n) is 2.57. The van der Waals surface area contributed by atoms with Gasteiger partial charge in [-0.05, 0) is 24.6 Å². The smallest absolute Gasteiger partial charge is 0.261 e. The molecule has 0 N–H and O–H groups in total. The molecule has 1 aromatic carbocycles. The number of nitrogens with zero attached hydrogens (tertiary/aromatic N) is 5. The largest absolute Gasteiger partial charge is 0.480 e. The molecule has 0 atom stereocenters. The molecule has 0 saturated heterocycles. The van der Waals surface area contributed by atoms with Gasteiger partial charge in [0.25, 0.3) is 5.91 Å². The van der Waals surface area contributed by atoms with Crippen molar-refractivity contribution in [1.29, 1.82) is 0 Å². The first-order valence-electron chi connectivity index (χ1n) is 7.93. The van der Waals surface area contributed by atoms with Gasteiger partial charge in [-0.15, -0.1) is 10.2 Å². The zero-order valence-corrected chi connectivity index (χ0v) is 14.4. The van der Waals surface area contributed by atoms with Crippen molar-refractivity contribution in [3.05, 3.63) is 59.9 Å². The summed E-state index contributed by atoms with van der Waals surface area (Å²) in [5.41, 5.74) is 2.16. The van der Waals surface area contributed by atoms with Gasteiger partial charge in [0.05, 0.1) is 24.6 Å². The normalized spacial score (nSPS) is 10.5. The minimum atomic E-state index is -0.115. The van der Waals surface area contributed by atoms with E-state index < -0.39 is 0 Å². The molecule has 0 aliphatic heterocycles. The number of methoxy groups -OCH3 is 1. The van der Waals surface area contributed by atoms with Crippen LogP contribution in [0.1, 0.15) is 23.0 Å². The zero-order chi connectivity index (χ0) is 17.8. The van der Waals surface area contributed by atoms with Crippen molar-refractivity contribution in [2.75, 3.05) is 19.1 Å². The van der Waals surface area contributed by atoms with Gasteiger partial charge in [-0.1, -0.05) is 25.1 Å². The van der Waals surface area contributed by atoms with Crippen LogP contribution in [0.4, 0.5) is 5.69 Å². The Labute approximate surface area is 145 Å². The Bertz CT molecular complexity index is 859. The van der Waals surface area contributed by atoms with Gasteiger partial charge in [0.2, 0.25) is 5.88 Å². The predicted octanol–water partition coefficient (Wildman–Crippen LogP) is 2.51. The number of amides is 1. The second-order valence-corrected chi connectivity index (χ2v) is 5.40. The Kier molecular flexibility index (Phi) is 4.74.